The number of para-hydroxylation sites is 1. The lowest BCUT2D eigenvalue weighted by molar-refractivity contribution is 0.0328. The number of rotatable bonds is 8. The van der Waals surface area contributed by atoms with Gasteiger partial charge in [-0.25, -0.2) is 0 Å². The summed E-state index contributed by atoms with van der Waals surface area (Å²) in [4.78, 5) is 2.36. The SMILES string of the molecule is Cc1cccc(OCCSc2nnc(CN3CCOCC3)n2-c2ccccc2)c1. The van der Waals surface area contributed by atoms with Crippen LogP contribution >= 0.6 is 11.8 Å². The van der Waals surface area contributed by atoms with Crippen molar-refractivity contribution in [1.29, 1.82) is 0 Å². The van der Waals surface area contributed by atoms with Crippen LogP contribution in [0.5, 0.6) is 5.75 Å². The fourth-order valence-corrected chi connectivity index (χ4v) is 4.08. The fraction of sp³-hybridized carbons (Fsp3) is 0.364. The van der Waals surface area contributed by atoms with Crippen LogP contribution < -0.4 is 4.74 Å². The van der Waals surface area contributed by atoms with Crippen molar-refractivity contribution < 1.29 is 9.47 Å². The maximum atomic E-state index is 5.88. The van der Waals surface area contributed by atoms with Crippen LogP contribution in [0.4, 0.5) is 0 Å². The second-order valence-electron chi connectivity index (χ2n) is 6.97. The van der Waals surface area contributed by atoms with Gasteiger partial charge in [-0.2, -0.15) is 0 Å². The molecule has 1 fully saturated rings. The number of hydrogen-bond acceptors (Lipinski definition) is 6. The van der Waals surface area contributed by atoms with Gasteiger partial charge in [-0.3, -0.25) is 9.47 Å². The lowest BCUT2D eigenvalue weighted by atomic mass is 10.2. The van der Waals surface area contributed by atoms with Gasteiger partial charge in [0.1, 0.15) is 5.75 Å². The van der Waals surface area contributed by atoms with Gasteiger partial charge < -0.3 is 9.47 Å². The van der Waals surface area contributed by atoms with Crippen LogP contribution in [0.15, 0.2) is 59.8 Å². The molecule has 2 heterocycles. The molecule has 0 radical (unpaired) electrons. The number of benzene rings is 2. The van der Waals surface area contributed by atoms with Crippen molar-refractivity contribution in [2.24, 2.45) is 0 Å². The van der Waals surface area contributed by atoms with Gasteiger partial charge in [0.2, 0.25) is 0 Å². The second-order valence-corrected chi connectivity index (χ2v) is 8.03. The number of hydrogen-bond donors (Lipinski definition) is 0. The van der Waals surface area contributed by atoms with E-state index in [1.54, 1.807) is 11.8 Å². The number of nitrogens with zero attached hydrogens (tertiary/aromatic N) is 4. The first kappa shape index (κ1) is 19.9. The lowest BCUT2D eigenvalue weighted by Crippen LogP contribution is -2.36. The third-order valence-corrected chi connectivity index (χ3v) is 5.65. The number of aromatic nitrogens is 3. The zero-order chi connectivity index (χ0) is 19.9. The molecule has 0 N–H and O–H groups in total. The maximum Gasteiger partial charge on any atom is 0.195 e. The Balaban J connectivity index is 1.44. The third-order valence-electron chi connectivity index (χ3n) is 4.76. The molecule has 0 aliphatic carbocycles. The van der Waals surface area contributed by atoms with Crippen molar-refractivity contribution in [3.63, 3.8) is 0 Å². The topological polar surface area (TPSA) is 52.4 Å². The summed E-state index contributed by atoms with van der Waals surface area (Å²) in [6, 6.07) is 18.4. The molecule has 1 aliphatic rings. The predicted molar refractivity (Wildman–Crippen MR) is 115 cm³/mol. The minimum Gasteiger partial charge on any atom is -0.493 e. The lowest BCUT2D eigenvalue weighted by Gasteiger charge is -2.26. The molecule has 2 aromatic carbocycles. The third kappa shape index (κ3) is 5.38. The van der Waals surface area contributed by atoms with Gasteiger partial charge in [0, 0.05) is 24.5 Å². The number of ether oxygens (including phenoxy) is 2. The number of thioether (sulfide) groups is 1. The Morgan fingerprint density at radius 2 is 1.86 bits per heavy atom. The molecule has 1 saturated heterocycles. The molecule has 0 spiro atoms. The minimum absolute atomic E-state index is 0.620. The molecule has 1 aliphatic heterocycles. The van der Waals surface area contributed by atoms with Gasteiger partial charge in [0.25, 0.3) is 0 Å². The van der Waals surface area contributed by atoms with E-state index in [9.17, 15) is 0 Å². The summed E-state index contributed by atoms with van der Waals surface area (Å²) in [5.74, 6) is 2.67. The van der Waals surface area contributed by atoms with Gasteiger partial charge >= 0.3 is 0 Å². The highest BCUT2D eigenvalue weighted by atomic mass is 32.2. The second kappa shape index (κ2) is 9.91. The highest BCUT2D eigenvalue weighted by molar-refractivity contribution is 7.99. The highest BCUT2D eigenvalue weighted by Crippen LogP contribution is 2.23. The van der Waals surface area contributed by atoms with E-state index in [1.807, 2.05) is 30.3 Å². The molecular weight excluding hydrogens is 384 g/mol. The van der Waals surface area contributed by atoms with Gasteiger partial charge in [-0.1, -0.05) is 42.1 Å². The normalized spacial score (nSPS) is 14.8. The van der Waals surface area contributed by atoms with E-state index in [0.717, 1.165) is 61.0 Å². The number of morpholine rings is 1. The summed E-state index contributed by atoms with van der Waals surface area (Å²) in [5.41, 5.74) is 2.29. The smallest absolute Gasteiger partial charge is 0.195 e. The average molecular weight is 411 g/mol. The van der Waals surface area contributed by atoms with Crippen molar-refractivity contribution in [2.45, 2.75) is 18.6 Å². The molecule has 1 aromatic heterocycles. The fourth-order valence-electron chi connectivity index (χ4n) is 3.29. The van der Waals surface area contributed by atoms with E-state index in [1.165, 1.54) is 5.56 Å². The largest absolute Gasteiger partial charge is 0.493 e. The Bertz CT molecular complexity index is 910. The first-order valence-electron chi connectivity index (χ1n) is 9.92. The first-order chi connectivity index (χ1) is 14.3. The zero-order valence-electron chi connectivity index (χ0n) is 16.7. The van der Waals surface area contributed by atoms with Gasteiger partial charge in [-0.15, -0.1) is 10.2 Å². The quantitative estimate of drug-likeness (QED) is 0.418. The minimum atomic E-state index is 0.620. The van der Waals surface area contributed by atoms with Crippen LogP contribution in [0.25, 0.3) is 5.69 Å². The Morgan fingerprint density at radius 1 is 1.03 bits per heavy atom. The molecule has 0 atom stereocenters. The monoisotopic (exact) mass is 410 g/mol. The molecule has 3 aromatic rings. The van der Waals surface area contributed by atoms with E-state index in [4.69, 9.17) is 9.47 Å². The van der Waals surface area contributed by atoms with Crippen molar-refractivity contribution in [3.8, 4) is 11.4 Å². The molecule has 7 heteroatoms. The highest BCUT2D eigenvalue weighted by Gasteiger charge is 2.18. The summed E-state index contributed by atoms with van der Waals surface area (Å²) >= 11 is 1.67. The van der Waals surface area contributed by atoms with Crippen LogP contribution in [0, 0.1) is 6.92 Å². The van der Waals surface area contributed by atoms with E-state index in [2.05, 4.69) is 50.9 Å². The van der Waals surface area contributed by atoms with E-state index < -0.39 is 0 Å². The van der Waals surface area contributed by atoms with Crippen LogP contribution in [-0.2, 0) is 11.3 Å². The molecule has 29 heavy (non-hydrogen) atoms. The van der Waals surface area contributed by atoms with Crippen LogP contribution in [0.1, 0.15) is 11.4 Å². The van der Waals surface area contributed by atoms with Crippen molar-refractivity contribution >= 4 is 11.8 Å². The molecule has 6 nitrogen and oxygen atoms in total. The maximum absolute atomic E-state index is 5.88. The zero-order valence-corrected chi connectivity index (χ0v) is 17.5. The summed E-state index contributed by atoms with van der Waals surface area (Å²) in [5, 5.41) is 9.88. The Hall–Kier alpha value is -2.35. The predicted octanol–water partition coefficient (Wildman–Crippen LogP) is 3.58. The Morgan fingerprint density at radius 3 is 2.66 bits per heavy atom. The molecule has 152 valence electrons. The van der Waals surface area contributed by atoms with Gasteiger partial charge in [0.05, 0.1) is 26.4 Å². The molecule has 0 bridgehead atoms. The van der Waals surface area contributed by atoms with Gasteiger partial charge in [0.15, 0.2) is 11.0 Å². The Kier molecular flexibility index (Phi) is 6.82. The van der Waals surface area contributed by atoms with E-state index in [-0.39, 0.29) is 0 Å². The van der Waals surface area contributed by atoms with Gasteiger partial charge in [-0.05, 0) is 36.8 Å². The van der Waals surface area contributed by atoms with E-state index >= 15 is 0 Å². The first-order valence-corrected chi connectivity index (χ1v) is 10.9. The standard InChI is InChI=1S/C22H26N4O2S/c1-18-6-5-9-20(16-18)28-14-15-29-22-24-23-21(17-25-10-12-27-13-11-25)26(22)19-7-3-2-4-8-19/h2-9,16H,10-15,17H2,1H3. The van der Waals surface area contributed by atoms with E-state index in [0.29, 0.717) is 6.61 Å². The average Bonchev–Trinajstić information content (AvgIpc) is 3.15. The Labute approximate surface area is 175 Å². The summed E-state index contributed by atoms with van der Waals surface area (Å²) in [7, 11) is 0. The molecular formula is C22H26N4O2S. The molecule has 0 saturated carbocycles. The summed E-state index contributed by atoms with van der Waals surface area (Å²) in [6.45, 7) is 6.86. The van der Waals surface area contributed by atoms with Crippen molar-refractivity contribution in [3.05, 3.63) is 66.0 Å². The molecule has 0 unspecified atom stereocenters. The van der Waals surface area contributed by atoms with Crippen molar-refractivity contribution in [1.82, 2.24) is 19.7 Å². The van der Waals surface area contributed by atoms with Crippen molar-refractivity contribution in [2.75, 3.05) is 38.7 Å². The number of aryl methyl sites for hydroxylation is 1. The van der Waals surface area contributed by atoms with Crippen LogP contribution in [0.2, 0.25) is 0 Å². The molecule has 4 rings (SSSR count). The van der Waals surface area contributed by atoms with Crippen LogP contribution in [0.3, 0.4) is 0 Å². The molecule has 0 amide bonds. The summed E-state index contributed by atoms with van der Waals surface area (Å²) in [6.07, 6.45) is 0. The van der Waals surface area contributed by atoms with Crippen LogP contribution in [-0.4, -0.2) is 58.3 Å². The summed E-state index contributed by atoms with van der Waals surface area (Å²) < 4.78 is 13.5.